The third-order valence-electron chi connectivity index (χ3n) is 2.66. The van der Waals surface area contributed by atoms with Crippen LogP contribution in [0, 0.1) is 13.8 Å². The molecule has 1 rings (SSSR count). The zero-order chi connectivity index (χ0) is 13.9. The molecule has 0 aromatic carbocycles. The van der Waals surface area contributed by atoms with E-state index in [1.807, 2.05) is 26.8 Å². The van der Waals surface area contributed by atoms with Crippen molar-refractivity contribution >= 4 is 11.8 Å². The van der Waals surface area contributed by atoms with Gasteiger partial charge in [-0.15, -0.1) is 0 Å². The number of nitrogens with two attached hydrogens (primary N) is 2. The molecule has 0 aliphatic rings. The predicted molar refractivity (Wildman–Crippen MR) is 66.5 cm³/mol. The summed E-state index contributed by atoms with van der Waals surface area (Å²) >= 11 is 0. The summed E-state index contributed by atoms with van der Waals surface area (Å²) in [5, 5.41) is 2.72. The van der Waals surface area contributed by atoms with Crippen molar-refractivity contribution in [2.45, 2.75) is 39.3 Å². The fourth-order valence-corrected chi connectivity index (χ4v) is 1.79. The second-order valence-corrected chi connectivity index (χ2v) is 4.38. The van der Waals surface area contributed by atoms with E-state index >= 15 is 0 Å². The van der Waals surface area contributed by atoms with Crippen molar-refractivity contribution < 1.29 is 14.0 Å². The number of hydrogen-bond donors (Lipinski definition) is 3. The van der Waals surface area contributed by atoms with Crippen LogP contribution in [-0.2, 0) is 9.59 Å². The SMILES string of the molecule is Cc1cc(C(C)NC(=O)C(N)CC(N)=O)c(C)o1. The third kappa shape index (κ3) is 3.59. The van der Waals surface area contributed by atoms with Crippen LogP contribution in [0.1, 0.15) is 36.5 Å². The molecule has 100 valence electrons. The summed E-state index contributed by atoms with van der Waals surface area (Å²) in [6.07, 6.45) is -0.165. The van der Waals surface area contributed by atoms with E-state index < -0.39 is 17.9 Å². The molecule has 1 aromatic rings. The molecule has 2 atom stereocenters. The van der Waals surface area contributed by atoms with E-state index in [1.54, 1.807) is 0 Å². The number of primary amides is 1. The van der Waals surface area contributed by atoms with Crippen molar-refractivity contribution in [3.8, 4) is 0 Å². The first-order valence-corrected chi connectivity index (χ1v) is 5.72. The first-order valence-electron chi connectivity index (χ1n) is 5.72. The number of carbonyl (C=O) groups excluding carboxylic acids is 2. The normalized spacial score (nSPS) is 14.0. The molecule has 2 unspecified atom stereocenters. The summed E-state index contributed by atoms with van der Waals surface area (Å²) in [7, 11) is 0. The molecule has 0 spiro atoms. The maximum Gasteiger partial charge on any atom is 0.237 e. The number of aryl methyl sites for hydroxylation is 2. The van der Waals surface area contributed by atoms with E-state index in [-0.39, 0.29) is 12.5 Å². The van der Waals surface area contributed by atoms with Gasteiger partial charge in [0.1, 0.15) is 11.5 Å². The Labute approximate surface area is 106 Å². The van der Waals surface area contributed by atoms with Crippen LogP contribution in [0.25, 0.3) is 0 Å². The monoisotopic (exact) mass is 253 g/mol. The number of amides is 2. The van der Waals surface area contributed by atoms with Gasteiger partial charge in [-0.05, 0) is 26.8 Å². The maximum atomic E-state index is 11.7. The van der Waals surface area contributed by atoms with Crippen molar-refractivity contribution in [2.24, 2.45) is 11.5 Å². The summed E-state index contributed by atoms with van der Waals surface area (Å²) in [6, 6.07) is 0.715. The zero-order valence-electron chi connectivity index (χ0n) is 10.8. The van der Waals surface area contributed by atoms with E-state index in [2.05, 4.69) is 5.32 Å². The number of hydrogen-bond acceptors (Lipinski definition) is 4. The molecular weight excluding hydrogens is 234 g/mol. The molecular formula is C12H19N3O3. The van der Waals surface area contributed by atoms with Gasteiger partial charge < -0.3 is 21.2 Å². The largest absolute Gasteiger partial charge is 0.466 e. The average molecular weight is 253 g/mol. The fraction of sp³-hybridized carbons (Fsp3) is 0.500. The molecule has 5 N–H and O–H groups in total. The van der Waals surface area contributed by atoms with E-state index in [1.165, 1.54) is 0 Å². The molecule has 0 aliphatic heterocycles. The van der Waals surface area contributed by atoms with Crippen LogP contribution in [0.5, 0.6) is 0 Å². The van der Waals surface area contributed by atoms with Gasteiger partial charge in [-0.25, -0.2) is 0 Å². The minimum Gasteiger partial charge on any atom is -0.466 e. The quantitative estimate of drug-likeness (QED) is 0.699. The molecule has 1 aromatic heterocycles. The lowest BCUT2D eigenvalue weighted by Crippen LogP contribution is -2.43. The lowest BCUT2D eigenvalue weighted by Gasteiger charge is -2.16. The molecule has 0 radical (unpaired) electrons. The van der Waals surface area contributed by atoms with E-state index in [0.717, 1.165) is 17.1 Å². The zero-order valence-corrected chi connectivity index (χ0v) is 10.8. The number of carbonyl (C=O) groups is 2. The van der Waals surface area contributed by atoms with Gasteiger partial charge >= 0.3 is 0 Å². The minimum atomic E-state index is -0.918. The highest BCUT2D eigenvalue weighted by molar-refractivity contribution is 5.87. The van der Waals surface area contributed by atoms with Crippen molar-refractivity contribution in [3.63, 3.8) is 0 Å². The minimum absolute atomic E-state index is 0.165. The standard InChI is InChI=1S/C12H19N3O3/c1-6-4-9(8(3)18-6)7(2)15-12(17)10(13)5-11(14)16/h4,7,10H,5,13H2,1-3H3,(H2,14,16)(H,15,17). The first-order chi connectivity index (χ1) is 8.31. The van der Waals surface area contributed by atoms with Gasteiger partial charge in [0.25, 0.3) is 0 Å². The maximum absolute atomic E-state index is 11.7. The number of rotatable bonds is 5. The molecule has 0 saturated carbocycles. The Morgan fingerprint density at radius 1 is 1.44 bits per heavy atom. The summed E-state index contributed by atoms with van der Waals surface area (Å²) in [6.45, 7) is 5.49. The van der Waals surface area contributed by atoms with Gasteiger partial charge in [-0.3, -0.25) is 9.59 Å². The lowest BCUT2D eigenvalue weighted by molar-refractivity contribution is -0.126. The van der Waals surface area contributed by atoms with E-state index in [4.69, 9.17) is 15.9 Å². The van der Waals surface area contributed by atoms with Crippen LogP contribution in [-0.4, -0.2) is 17.9 Å². The molecule has 6 heteroatoms. The van der Waals surface area contributed by atoms with Crippen LogP contribution in [0.4, 0.5) is 0 Å². The molecule has 2 amide bonds. The Bertz CT molecular complexity index is 453. The van der Waals surface area contributed by atoms with Crippen molar-refractivity contribution in [1.82, 2.24) is 5.32 Å². The van der Waals surface area contributed by atoms with Crippen molar-refractivity contribution in [2.75, 3.05) is 0 Å². The Morgan fingerprint density at radius 2 is 2.06 bits per heavy atom. The molecule has 0 saturated heterocycles. The predicted octanol–water partition coefficient (Wildman–Crippen LogP) is 0.276. The smallest absolute Gasteiger partial charge is 0.237 e. The van der Waals surface area contributed by atoms with Crippen LogP contribution in [0.15, 0.2) is 10.5 Å². The molecule has 0 bridgehead atoms. The van der Waals surface area contributed by atoms with Gasteiger partial charge in [0, 0.05) is 5.56 Å². The fourth-order valence-electron chi connectivity index (χ4n) is 1.79. The summed E-state index contributed by atoms with van der Waals surface area (Å²) in [5.41, 5.74) is 11.4. The summed E-state index contributed by atoms with van der Waals surface area (Å²) in [4.78, 5) is 22.4. The second kappa shape index (κ2) is 5.68. The van der Waals surface area contributed by atoms with Gasteiger partial charge in [-0.1, -0.05) is 0 Å². The molecule has 0 fully saturated rings. The summed E-state index contributed by atoms with van der Waals surface area (Å²) < 4.78 is 5.39. The van der Waals surface area contributed by atoms with Gasteiger partial charge in [0.2, 0.25) is 11.8 Å². The topological polar surface area (TPSA) is 111 Å². The highest BCUT2D eigenvalue weighted by Crippen LogP contribution is 2.21. The van der Waals surface area contributed by atoms with Gasteiger partial charge in [-0.2, -0.15) is 0 Å². The van der Waals surface area contributed by atoms with Crippen molar-refractivity contribution in [1.29, 1.82) is 0 Å². The van der Waals surface area contributed by atoms with E-state index in [9.17, 15) is 9.59 Å². The Morgan fingerprint density at radius 3 is 2.50 bits per heavy atom. The number of furan rings is 1. The molecule has 18 heavy (non-hydrogen) atoms. The van der Waals surface area contributed by atoms with Gasteiger partial charge in [0.15, 0.2) is 0 Å². The van der Waals surface area contributed by atoms with Crippen LogP contribution >= 0.6 is 0 Å². The molecule has 0 aliphatic carbocycles. The Hall–Kier alpha value is -1.82. The van der Waals surface area contributed by atoms with Crippen LogP contribution < -0.4 is 16.8 Å². The van der Waals surface area contributed by atoms with Gasteiger partial charge in [0.05, 0.1) is 18.5 Å². The number of nitrogens with one attached hydrogen (secondary N) is 1. The van der Waals surface area contributed by atoms with Crippen LogP contribution in [0.2, 0.25) is 0 Å². The Kier molecular flexibility index (Phi) is 4.49. The summed E-state index contributed by atoms with van der Waals surface area (Å²) in [5.74, 6) is 0.536. The van der Waals surface area contributed by atoms with Crippen LogP contribution in [0.3, 0.4) is 0 Å². The highest BCUT2D eigenvalue weighted by atomic mass is 16.3. The second-order valence-electron chi connectivity index (χ2n) is 4.38. The van der Waals surface area contributed by atoms with Crippen molar-refractivity contribution in [3.05, 3.63) is 23.2 Å². The Balaban J connectivity index is 2.64. The molecule has 1 heterocycles. The first kappa shape index (κ1) is 14.2. The van der Waals surface area contributed by atoms with E-state index in [0.29, 0.717) is 0 Å². The third-order valence-corrected chi connectivity index (χ3v) is 2.66. The average Bonchev–Trinajstić information content (AvgIpc) is 2.56. The lowest BCUT2D eigenvalue weighted by atomic mass is 10.1. The highest BCUT2D eigenvalue weighted by Gasteiger charge is 2.20. The molecule has 6 nitrogen and oxygen atoms in total.